The van der Waals surface area contributed by atoms with E-state index in [4.69, 9.17) is 4.74 Å². The summed E-state index contributed by atoms with van der Waals surface area (Å²) in [5.41, 5.74) is -0.400. The first-order valence-electron chi connectivity index (χ1n) is 8.55. The maximum atomic E-state index is 13.8. The first-order valence-corrected chi connectivity index (χ1v) is 10.4. The van der Waals surface area contributed by atoms with Crippen LogP contribution in [0.2, 0.25) is 0 Å². The van der Waals surface area contributed by atoms with Gasteiger partial charge in [-0.25, -0.2) is 21.9 Å². The summed E-state index contributed by atoms with van der Waals surface area (Å²) in [4.78, 5) is 24.9. The Labute approximate surface area is 157 Å². The Morgan fingerprint density at radius 2 is 1.93 bits per heavy atom. The van der Waals surface area contributed by atoms with Crippen molar-refractivity contribution in [3.05, 3.63) is 46.8 Å². The van der Waals surface area contributed by atoms with Crippen molar-refractivity contribution in [1.29, 1.82) is 0 Å². The van der Waals surface area contributed by atoms with Crippen molar-refractivity contribution in [3.63, 3.8) is 0 Å². The fourth-order valence-corrected chi connectivity index (χ4v) is 4.41. The Morgan fingerprint density at radius 1 is 1.30 bits per heavy atom. The molecule has 0 saturated carbocycles. The second-order valence-corrected chi connectivity index (χ2v) is 8.80. The minimum Gasteiger partial charge on any atom is -0.450 e. The fraction of sp³-hybridized carbons (Fsp3) is 0.444. The smallest absolute Gasteiger partial charge is 0.335 e. The predicted molar refractivity (Wildman–Crippen MR) is 95.4 cm³/mol. The fourth-order valence-electron chi connectivity index (χ4n) is 3.56. The molecule has 7 nitrogen and oxygen atoms in total. The van der Waals surface area contributed by atoms with E-state index in [9.17, 15) is 22.4 Å². The van der Waals surface area contributed by atoms with Crippen LogP contribution in [0.3, 0.4) is 0 Å². The maximum absolute atomic E-state index is 13.8. The van der Waals surface area contributed by atoms with Crippen molar-refractivity contribution in [2.75, 3.05) is 19.3 Å². The van der Waals surface area contributed by atoms with Gasteiger partial charge in [0.1, 0.15) is 11.4 Å². The lowest BCUT2D eigenvalue weighted by molar-refractivity contribution is -0.150. The average molecular weight is 396 g/mol. The van der Waals surface area contributed by atoms with Crippen LogP contribution in [0.4, 0.5) is 4.39 Å². The molecule has 1 aromatic carbocycles. The van der Waals surface area contributed by atoms with Crippen LogP contribution in [-0.4, -0.2) is 49.5 Å². The number of carbonyl (C=O) groups is 2. The van der Waals surface area contributed by atoms with E-state index in [2.05, 4.69) is 5.32 Å². The first-order chi connectivity index (χ1) is 12.6. The second kappa shape index (κ2) is 7.05. The largest absolute Gasteiger partial charge is 0.450 e. The SMILES string of the molecule is CC1=C(C(=O)NCc2ccccc2F)C2(CCN(S(C)(=O)=O)CC2)OC1=O. The number of nitrogens with one attached hydrogen (secondary N) is 1. The molecule has 27 heavy (non-hydrogen) atoms. The molecular weight excluding hydrogens is 375 g/mol. The highest BCUT2D eigenvalue weighted by atomic mass is 32.2. The van der Waals surface area contributed by atoms with Gasteiger partial charge in [-0.15, -0.1) is 0 Å². The molecule has 2 aliphatic heterocycles. The van der Waals surface area contributed by atoms with Crippen LogP contribution in [-0.2, 0) is 30.9 Å². The molecule has 1 amide bonds. The lowest BCUT2D eigenvalue weighted by atomic mass is 9.83. The number of piperidine rings is 1. The summed E-state index contributed by atoms with van der Waals surface area (Å²) in [6.07, 6.45) is 1.52. The first kappa shape index (κ1) is 19.5. The monoisotopic (exact) mass is 396 g/mol. The highest BCUT2D eigenvalue weighted by Crippen LogP contribution is 2.41. The van der Waals surface area contributed by atoms with Crippen molar-refractivity contribution < 1.29 is 27.1 Å². The highest BCUT2D eigenvalue weighted by molar-refractivity contribution is 7.88. The Bertz CT molecular complexity index is 917. The van der Waals surface area contributed by atoms with E-state index in [1.165, 1.54) is 17.3 Å². The van der Waals surface area contributed by atoms with E-state index < -0.39 is 33.3 Å². The van der Waals surface area contributed by atoms with Gasteiger partial charge in [-0.1, -0.05) is 18.2 Å². The van der Waals surface area contributed by atoms with Gasteiger partial charge in [-0.05, 0) is 13.0 Å². The Balaban J connectivity index is 1.78. The zero-order valence-electron chi connectivity index (χ0n) is 15.1. The molecule has 0 unspecified atom stereocenters. The molecule has 1 fully saturated rings. The lowest BCUT2D eigenvalue weighted by Gasteiger charge is -2.38. The predicted octanol–water partition coefficient (Wildman–Crippen LogP) is 1.11. The Kier molecular flexibility index (Phi) is 5.09. The molecule has 2 aliphatic rings. The number of ether oxygens (including phenoxy) is 1. The molecule has 2 heterocycles. The topological polar surface area (TPSA) is 92.8 Å². The van der Waals surface area contributed by atoms with Gasteiger partial charge in [0.05, 0.1) is 11.8 Å². The van der Waals surface area contributed by atoms with Crippen molar-refractivity contribution in [3.8, 4) is 0 Å². The summed E-state index contributed by atoms with van der Waals surface area (Å²) < 4.78 is 44.0. The number of hydrogen-bond acceptors (Lipinski definition) is 5. The molecule has 1 spiro atoms. The molecule has 1 aromatic rings. The molecule has 0 atom stereocenters. The molecule has 1 saturated heterocycles. The average Bonchev–Trinajstić information content (AvgIpc) is 2.83. The number of nitrogens with zero attached hydrogens (tertiary/aromatic N) is 1. The third-order valence-electron chi connectivity index (χ3n) is 5.05. The number of carbonyl (C=O) groups excluding carboxylic acids is 2. The molecule has 1 N–H and O–H groups in total. The third kappa shape index (κ3) is 3.74. The number of halogens is 1. The summed E-state index contributed by atoms with van der Waals surface area (Å²) in [5.74, 6) is -1.52. The highest BCUT2D eigenvalue weighted by Gasteiger charge is 2.51. The van der Waals surface area contributed by atoms with E-state index in [0.29, 0.717) is 5.56 Å². The summed E-state index contributed by atoms with van der Waals surface area (Å²) >= 11 is 0. The van der Waals surface area contributed by atoms with Crippen molar-refractivity contribution in [2.24, 2.45) is 0 Å². The molecule has 0 radical (unpaired) electrons. The van der Waals surface area contributed by atoms with Crippen molar-refractivity contribution in [1.82, 2.24) is 9.62 Å². The zero-order chi connectivity index (χ0) is 19.8. The molecule has 0 aromatic heterocycles. The van der Waals surface area contributed by atoms with Crippen LogP contribution < -0.4 is 5.32 Å². The third-order valence-corrected chi connectivity index (χ3v) is 6.35. The van der Waals surface area contributed by atoms with E-state index in [1.54, 1.807) is 18.2 Å². The van der Waals surface area contributed by atoms with Crippen LogP contribution in [0.1, 0.15) is 25.3 Å². The number of sulfonamides is 1. The van der Waals surface area contributed by atoms with Gasteiger partial charge in [0.25, 0.3) is 5.91 Å². The van der Waals surface area contributed by atoms with Crippen molar-refractivity contribution in [2.45, 2.75) is 31.9 Å². The number of esters is 1. The second-order valence-electron chi connectivity index (χ2n) is 6.82. The quantitative estimate of drug-likeness (QED) is 0.770. The van der Waals surface area contributed by atoms with E-state index in [1.807, 2.05) is 0 Å². The van der Waals surface area contributed by atoms with Crippen LogP contribution in [0, 0.1) is 5.82 Å². The van der Waals surface area contributed by atoms with E-state index in [0.717, 1.165) is 6.26 Å². The van der Waals surface area contributed by atoms with Gasteiger partial charge >= 0.3 is 5.97 Å². The van der Waals surface area contributed by atoms with Crippen LogP contribution in [0.15, 0.2) is 35.4 Å². The molecule has 0 aliphatic carbocycles. The van der Waals surface area contributed by atoms with Crippen LogP contribution in [0.25, 0.3) is 0 Å². The van der Waals surface area contributed by atoms with Gasteiger partial charge in [-0.2, -0.15) is 0 Å². The van der Waals surface area contributed by atoms with Crippen molar-refractivity contribution >= 4 is 21.9 Å². The summed E-state index contributed by atoms with van der Waals surface area (Å²) in [7, 11) is -3.35. The number of hydrogen-bond donors (Lipinski definition) is 1. The molecule has 0 bridgehead atoms. The zero-order valence-corrected chi connectivity index (χ0v) is 15.9. The molecular formula is C18H21FN2O5S. The standard InChI is InChI=1S/C18H21FN2O5S/c1-12-15(16(22)20-11-13-5-3-4-6-14(13)19)18(26-17(12)23)7-9-21(10-8-18)27(2,24)25/h3-6H,7-11H2,1-2H3,(H,20,22). The lowest BCUT2D eigenvalue weighted by Crippen LogP contribution is -2.50. The number of benzene rings is 1. The summed E-state index contributed by atoms with van der Waals surface area (Å²) in [5, 5.41) is 2.64. The minimum atomic E-state index is -3.35. The number of rotatable bonds is 4. The molecule has 9 heteroatoms. The number of amides is 1. The van der Waals surface area contributed by atoms with Gasteiger partial charge in [0.15, 0.2) is 0 Å². The molecule has 146 valence electrons. The Morgan fingerprint density at radius 3 is 2.52 bits per heavy atom. The molecule has 3 rings (SSSR count). The summed E-state index contributed by atoms with van der Waals surface area (Å²) in [6, 6.07) is 6.09. The van der Waals surface area contributed by atoms with E-state index in [-0.39, 0.29) is 43.6 Å². The maximum Gasteiger partial charge on any atom is 0.335 e. The summed E-state index contributed by atoms with van der Waals surface area (Å²) in [6.45, 7) is 1.80. The van der Waals surface area contributed by atoms with Gasteiger partial charge in [0, 0.05) is 43.6 Å². The van der Waals surface area contributed by atoms with Gasteiger partial charge in [-0.3, -0.25) is 4.79 Å². The van der Waals surface area contributed by atoms with Crippen LogP contribution >= 0.6 is 0 Å². The van der Waals surface area contributed by atoms with Gasteiger partial charge in [0.2, 0.25) is 10.0 Å². The normalized spacial score (nSPS) is 20.0. The minimum absolute atomic E-state index is 0.0258. The van der Waals surface area contributed by atoms with Gasteiger partial charge < -0.3 is 10.1 Å². The Hall–Kier alpha value is -2.26. The van der Waals surface area contributed by atoms with E-state index >= 15 is 0 Å². The van der Waals surface area contributed by atoms with Crippen LogP contribution in [0.5, 0.6) is 0 Å².